The number of rotatable bonds is 6. The first-order valence-corrected chi connectivity index (χ1v) is 10.6. The molecule has 168 valence electrons. The van der Waals surface area contributed by atoms with Crippen LogP contribution in [0.4, 0.5) is 5.69 Å². The standard InChI is InChI=1S/C25H28N2O5/c1-6-25(4,5)27(23(30)18-9-7-8-16(2)14-18)21-15-22(29)26(24(21)31)19-10-12-20(13-11-19)32-17(3)28/h7-14,21H,6,15H2,1-5H3. The van der Waals surface area contributed by atoms with Gasteiger partial charge in [0, 0.05) is 18.0 Å². The minimum Gasteiger partial charge on any atom is -0.427 e. The Morgan fingerprint density at radius 3 is 2.34 bits per heavy atom. The largest absolute Gasteiger partial charge is 0.427 e. The molecule has 1 heterocycles. The third-order valence-corrected chi connectivity index (χ3v) is 5.79. The van der Waals surface area contributed by atoms with Gasteiger partial charge < -0.3 is 9.64 Å². The van der Waals surface area contributed by atoms with E-state index in [4.69, 9.17) is 4.74 Å². The Balaban J connectivity index is 1.95. The van der Waals surface area contributed by atoms with E-state index < -0.39 is 23.5 Å². The van der Waals surface area contributed by atoms with E-state index in [0.29, 0.717) is 23.4 Å². The molecule has 0 spiro atoms. The van der Waals surface area contributed by atoms with Gasteiger partial charge in [-0.05, 0) is 63.6 Å². The highest BCUT2D eigenvalue weighted by Crippen LogP contribution is 2.33. The number of carbonyl (C=O) groups is 4. The van der Waals surface area contributed by atoms with Gasteiger partial charge in [-0.2, -0.15) is 0 Å². The number of aryl methyl sites for hydroxylation is 1. The molecule has 0 bridgehead atoms. The Morgan fingerprint density at radius 2 is 1.78 bits per heavy atom. The van der Waals surface area contributed by atoms with Crippen molar-refractivity contribution in [2.24, 2.45) is 0 Å². The molecule has 3 rings (SSSR count). The molecule has 3 amide bonds. The smallest absolute Gasteiger partial charge is 0.308 e. The second-order valence-corrected chi connectivity index (χ2v) is 8.59. The van der Waals surface area contributed by atoms with E-state index in [9.17, 15) is 19.2 Å². The van der Waals surface area contributed by atoms with Gasteiger partial charge in [-0.3, -0.25) is 19.2 Å². The third kappa shape index (κ3) is 4.56. The number of nitrogens with zero attached hydrogens (tertiary/aromatic N) is 2. The molecule has 0 aromatic heterocycles. The summed E-state index contributed by atoms with van der Waals surface area (Å²) in [6, 6.07) is 12.5. The molecule has 1 fully saturated rings. The Morgan fingerprint density at radius 1 is 1.12 bits per heavy atom. The van der Waals surface area contributed by atoms with Crippen molar-refractivity contribution >= 4 is 29.4 Å². The molecule has 0 radical (unpaired) electrons. The number of ether oxygens (including phenoxy) is 1. The minimum atomic E-state index is -0.904. The summed E-state index contributed by atoms with van der Waals surface area (Å²) < 4.78 is 5.01. The lowest BCUT2D eigenvalue weighted by Crippen LogP contribution is -2.55. The monoisotopic (exact) mass is 436 g/mol. The maximum absolute atomic E-state index is 13.5. The van der Waals surface area contributed by atoms with Crippen molar-refractivity contribution in [2.45, 2.75) is 59.0 Å². The lowest BCUT2D eigenvalue weighted by atomic mass is 9.94. The van der Waals surface area contributed by atoms with Crippen LogP contribution in [-0.4, -0.2) is 40.2 Å². The van der Waals surface area contributed by atoms with Crippen LogP contribution in [0.15, 0.2) is 48.5 Å². The second-order valence-electron chi connectivity index (χ2n) is 8.59. The molecule has 1 saturated heterocycles. The normalized spacial score (nSPS) is 16.3. The van der Waals surface area contributed by atoms with Crippen molar-refractivity contribution in [1.29, 1.82) is 0 Å². The average molecular weight is 437 g/mol. The number of benzene rings is 2. The van der Waals surface area contributed by atoms with E-state index in [1.807, 2.05) is 33.8 Å². The molecular formula is C25H28N2O5. The first-order chi connectivity index (χ1) is 15.0. The zero-order valence-corrected chi connectivity index (χ0v) is 19.0. The van der Waals surface area contributed by atoms with Crippen molar-refractivity contribution in [3.8, 4) is 5.75 Å². The minimum absolute atomic E-state index is 0.0917. The lowest BCUT2D eigenvalue weighted by Gasteiger charge is -2.41. The quantitative estimate of drug-likeness (QED) is 0.390. The fraction of sp³-hybridized carbons (Fsp3) is 0.360. The molecular weight excluding hydrogens is 408 g/mol. The first-order valence-electron chi connectivity index (χ1n) is 10.6. The van der Waals surface area contributed by atoms with Crippen molar-refractivity contribution < 1.29 is 23.9 Å². The summed E-state index contributed by atoms with van der Waals surface area (Å²) in [5, 5.41) is 0. The number of hydrogen-bond donors (Lipinski definition) is 0. The van der Waals surface area contributed by atoms with Crippen LogP contribution in [0.2, 0.25) is 0 Å². The van der Waals surface area contributed by atoms with Gasteiger partial charge in [-0.25, -0.2) is 4.90 Å². The van der Waals surface area contributed by atoms with E-state index in [2.05, 4.69) is 0 Å². The van der Waals surface area contributed by atoms with E-state index >= 15 is 0 Å². The van der Waals surface area contributed by atoms with Gasteiger partial charge in [0.15, 0.2) is 0 Å². The van der Waals surface area contributed by atoms with E-state index in [1.54, 1.807) is 35.2 Å². The molecule has 2 aromatic carbocycles. The van der Waals surface area contributed by atoms with Crippen LogP contribution in [0.25, 0.3) is 0 Å². The van der Waals surface area contributed by atoms with E-state index in [-0.39, 0.29) is 18.2 Å². The van der Waals surface area contributed by atoms with Crippen LogP contribution in [-0.2, 0) is 14.4 Å². The summed E-state index contributed by atoms with van der Waals surface area (Å²) in [7, 11) is 0. The van der Waals surface area contributed by atoms with Crippen LogP contribution in [0.3, 0.4) is 0 Å². The van der Waals surface area contributed by atoms with Crippen LogP contribution < -0.4 is 9.64 Å². The number of anilines is 1. The zero-order chi connectivity index (χ0) is 23.6. The summed E-state index contributed by atoms with van der Waals surface area (Å²) in [5.74, 6) is -1.25. The van der Waals surface area contributed by atoms with Crippen molar-refractivity contribution in [2.75, 3.05) is 4.90 Å². The van der Waals surface area contributed by atoms with Gasteiger partial charge in [-0.15, -0.1) is 0 Å². The number of imide groups is 1. The molecule has 2 aromatic rings. The summed E-state index contributed by atoms with van der Waals surface area (Å²) in [6.45, 7) is 8.94. The molecule has 1 atom stereocenters. The van der Waals surface area contributed by atoms with Crippen LogP contribution in [0.5, 0.6) is 5.75 Å². The molecule has 0 N–H and O–H groups in total. The van der Waals surface area contributed by atoms with Gasteiger partial charge in [0.25, 0.3) is 11.8 Å². The van der Waals surface area contributed by atoms with Crippen LogP contribution in [0, 0.1) is 6.92 Å². The maximum Gasteiger partial charge on any atom is 0.308 e. The molecule has 32 heavy (non-hydrogen) atoms. The maximum atomic E-state index is 13.5. The summed E-state index contributed by atoms with van der Waals surface area (Å²) in [6.07, 6.45) is 0.519. The topological polar surface area (TPSA) is 84.0 Å². The van der Waals surface area contributed by atoms with Crippen LogP contribution in [0.1, 0.15) is 56.5 Å². The highest BCUT2D eigenvalue weighted by Gasteiger charge is 2.48. The molecule has 7 nitrogen and oxygen atoms in total. The fourth-order valence-corrected chi connectivity index (χ4v) is 3.84. The molecule has 7 heteroatoms. The third-order valence-electron chi connectivity index (χ3n) is 5.79. The zero-order valence-electron chi connectivity index (χ0n) is 19.0. The number of amides is 3. The lowest BCUT2D eigenvalue weighted by molar-refractivity contribution is -0.132. The molecule has 0 saturated carbocycles. The first kappa shape index (κ1) is 23.2. The molecule has 1 unspecified atom stereocenters. The van der Waals surface area contributed by atoms with E-state index in [0.717, 1.165) is 10.5 Å². The fourth-order valence-electron chi connectivity index (χ4n) is 3.84. The van der Waals surface area contributed by atoms with Gasteiger partial charge in [0.2, 0.25) is 5.91 Å². The van der Waals surface area contributed by atoms with Crippen molar-refractivity contribution in [1.82, 2.24) is 4.90 Å². The number of carbonyl (C=O) groups excluding carboxylic acids is 4. The van der Waals surface area contributed by atoms with Gasteiger partial charge in [0.1, 0.15) is 11.8 Å². The Hall–Kier alpha value is -3.48. The Bertz CT molecular complexity index is 1060. The highest BCUT2D eigenvalue weighted by atomic mass is 16.5. The van der Waals surface area contributed by atoms with Gasteiger partial charge >= 0.3 is 5.97 Å². The predicted octanol–water partition coefficient (Wildman–Crippen LogP) is 3.88. The summed E-state index contributed by atoms with van der Waals surface area (Å²) >= 11 is 0. The number of hydrogen-bond acceptors (Lipinski definition) is 5. The molecule has 1 aliphatic heterocycles. The van der Waals surface area contributed by atoms with Gasteiger partial charge in [0.05, 0.1) is 12.1 Å². The van der Waals surface area contributed by atoms with Crippen LogP contribution >= 0.6 is 0 Å². The Labute approximate surface area is 188 Å². The van der Waals surface area contributed by atoms with Crippen molar-refractivity contribution in [3.63, 3.8) is 0 Å². The van der Waals surface area contributed by atoms with Gasteiger partial charge in [-0.1, -0.05) is 24.6 Å². The predicted molar refractivity (Wildman–Crippen MR) is 120 cm³/mol. The van der Waals surface area contributed by atoms with E-state index in [1.165, 1.54) is 19.1 Å². The molecule has 1 aliphatic rings. The molecule has 0 aliphatic carbocycles. The van der Waals surface area contributed by atoms with Crippen molar-refractivity contribution in [3.05, 3.63) is 59.7 Å². The number of esters is 1. The average Bonchev–Trinajstić information content (AvgIpc) is 3.02. The second kappa shape index (κ2) is 8.94. The summed E-state index contributed by atoms with van der Waals surface area (Å²) in [4.78, 5) is 53.6. The highest BCUT2D eigenvalue weighted by molar-refractivity contribution is 6.23. The summed E-state index contributed by atoms with van der Waals surface area (Å²) in [5.41, 5.74) is 1.15. The SMILES string of the molecule is CCC(C)(C)N(C(=O)c1cccc(C)c1)C1CC(=O)N(c2ccc(OC(C)=O)cc2)C1=O. The Kier molecular flexibility index (Phi) is 6.48.